The van der Waals surface area contributed by atoms with Crippen molar-refractivity contribution in [3.8, 4) is 5.75 Å². The van der Waals surface area contributed by atoms with Crippen LogP contribution in [0.5, 0.6) is 5.75 Å². The number of hydrogen-bond donors (Lipinski definition) is 0. The summed E-state index contributed by atoms with van der Waals surface area (Å²) in [5.41, 5.74) is 2.84. The van der Waals surface area contributed by atoms with E-state index >= 15 is 0 Å². The molecule has 2 aromatic carbocycles. The van der Waals surface area contributed by atoms with E-state index < -0.39 is 11.7 Å². The maximum absolute atomic E-state index is 13.4. The molecule has 3 aromatic rings. The van der Waals surface area contributed by atoms with Crippen molar-refractivity contribution in [1.29, 1.82) is 0 Å². The lowest BCUT2D eigenvalue weighted by atomic mass is 9.88. The van der Waals surface area contributed by atoms with Crippen LogP contribution in [-0.4, -0.2) is 47.6 Å². The van der Waals surface area contributed by atoms with Crippen LogP contribution in [0, 0.1) is 17.8 Å². The van der Waals surface area contributed by atoms with Crippen molar-refractivity contribution in [2.45, 2.75) is 52.1 Å². The predicted molar refractivity (Wildman–Crippen MR) is 142 cm³/mol. The van der Waals surface area contributed by atoms with E-state index in [-0.39, 0.29) is 17.5 Å². The normalized spacial score (nSPS) is 23.6. The van der Waals surface area contributed by atoms with Gasteiger partial charge in [-0.05, 0) is 62.3 Å². The highest BCUT2D eigenvalue weighted by Gasteiger charge is 2.54. The fourth-order valence-corrected chi connectivity index (χ4v) is 6.08. The molecule has 6 rings (SSSR count). The standard InChI is InChI=1S/C31H33NO6/c1-5-27(33)21-11-17(28(34)12-19-23-14-36-15-24(19)23)10-20-25(16-37-29(20)21)22-13-32(30(35)38-31(2,3)4)26-9-7-6-8-18(22)26/h6-11,13,19,23-25H,5,12,14-16H2,1-4H3/t19?,23-,24+,25?. The maximum atomic E-state index is 13.4. The van der Waals surface area contributed by atoms with Gasteiger partial charge in [-0.2, -0.15) is 0 Å². The Labute approximate surface area is 222 Å². The minimum atomic E-state index is -0.636. The zero-order valence-electron chi connectivity index (χ0n) is 22.3. The number of carbonyl (C=O) groups is 3. The fourth-order valence-electron chi connectivity index (χ4n) is 6.08. The molecular formula is C31H33NO6. The van der Waals surface area contributed by atoms with Crippen LogP contribution in [0.4, 0.5) is 4.79 Å². The van der Waals surface area contributed by atoms with Gasteiger partial charge in [-0.1, -0.05) is 25.1 Å². The first-order valence-electron chi connectivity index (χ1n) is 13.4. The molecular weight excluding hydrogens is 482 g/mol. The molecule has 0 radical (unpaired) electrons. The molecule has 2 unspecified atom stereocenters. The maximum Gasteiger partial charge on any atom is 0.419 e. The molecule has 7 nitrogen and oxygen atoms in total. The number of nitrogens with zero attached hydrogens (tertiary/aromatic N) is 1. The molecule has 1 saturated heterocycles. The van der Waals surface area contributed by atoms with Crippen LogP contribution in [0.2, 0.25) is 0 Å². The molecule has 3 aliphatic rings. The van der Waals surface area contributed by atoms with E-state index in [2.05, 4.69) is 0 Å². The van der Waals surface area contributed by atoms with Crippen molar-refractivity contribution >= 4 is 28.6 Å². The smallest absolute Gasteiger partial charge is 0.419 e. The molecule has 0 bridgehead atoms. The Hall–Kier alpha value is -3.45. The number of carbonyl (C=O) groups excluding carboxylic acids is 3. The van der Waals surface area contributed by atoms with Gasteiger partial charge in [0, 0.05) is 41.5 Å². The molecule has 4 atom stereocenters. The summed E-state index contributed by atoms with van der Waals surface area (Å²) in [7, 11) is 0. The van der Waals surface area contributed by atoms with E-state index in [9.17, 15) is 14.4 Å². The molecule has 38 heavy (non-hydrogen) atoms. The van der Waals surface area contributed by atoms with Gasteiger partial charge in [0.2, 0.25) is 0 Å². The average molecular weight is 516 g/mol. The molecule has 2 aliphatic heterocycles. The molecule has 198 valence electrons. The number of hydrogen-bond acceptors (Lipinski definition) is 6. The van der Waals surface area contributed by atoms with Crippen LogP contribution >= 0.6 is 0 Å². The molecule has 7 heteroatoms. The monoisotopic (exact) mass is 515 g/mol. The van der Waals surface area contributed by atoms with Crippen molar-refractivity contribution in [2.24, 2.45) is 17.8 Å². The topological polar surface area (TPSA) is 83.8 Å². The highest BCUT2D eigenvalue weighted by molar-refractivity contribution is 6.04. The number of Topliss-reactive ketones (excluding diaryl/α,β-unsaturated/α-hetero) is 2. The van der Waals surface area contributed by atoms with Crippen LogP contribution in [0.25, 0.3) is 10.9 Å². The SMILES string of the molecule is CCC(=O)c1cc(C(=O)CC2[C@H]3COC[C@@H]23)cc2c1OCC2c1cn(C(=O)OC(C)(C)C)c2ccccc12. The molecule has 3 heterocycles. The first kappa shape index (κ1) is 24.9. The Morgan fingerprint density at radius 1 is 1.00 bits per heavy atom. The molecule has 0 amide bonds. The summed E-state index contributed by atoms with van der Waals surface area (Å²) in [6.07, 6.45) is 2.15. The third-order valence-corrected chi connectivity index (χ3v) is 8.09. The Kier molecular flexibility index (Phi) is 5.94. The van der Waals surface area contributed by atoms with Crippen molar-refractivity contribution in [1.82, 2.24) is 4.57 Å². The number of fused-ring (bicyclic) bond motifs is 3. The van der Waals surface area contributed by atoms with Crippen molar-refractivity contribution in [3.05, 3.63) is 64.8 Å². The highest BCUT2D eigenvalue weighted by atomic mass is 16.6. The number of aromatic nitrogens is 1. The van der Waals surface area contributed by atoms with Gasteiger partial charge in [0.15, 0.2) is 11.6 Å². The van der Waals surface area contributed by atoms with Gasteiger partial charge < -0.3 is 14.2 Å². The predicted octanol–water partition coefficient (Wildman–Crippen LogP) is 6.01. The van der Waals surface area contributed by atoms with E-state index in [0.717, 1.165) is 35.2 Å². The Bertz CT molecular complexity index is 1450. The third kappa shape index (κ3) is 4.23. The first-order valence-corrected chi connectivity index (χ1v) is 13.4. The van der Waals surface area contributed by atoms with E-state index in [1.165, 1.54) is 4.57 Å². The van der Waals surface area contributed by atoms with Crippen LogP contribution in [0.15, 0.2) is 42.6 Å². The van der Waals surface area contributed by atoms with Crippen LogP contribution in [0.3, 0.4) is 0 Å². The number of ether oxygens (including phenoxy) is 3. The lowest BCUT2D eigenvalue weighted by Crippen LogP contribution is -2.26. The van der Waals surface area contributed by atoms with Gasteiger partial charge in [0.1, 0.15) is 11.4 Å². The first-order chi connectivity index (χ1) is 18.2. The van der Waals surface area contributed by atoms with Gasteiger partial charge in [-0.3, -0.25) is 14.2 Å². The Morgan fingerprint density at radius 3 is 2.45 bits per heavy atom. The summed E-state index contributed by atoms with van der Waals surface area (Å²) >= 11 is 0. The van der Waals surface area contributed by atoms with Gasteiger partial charge >= 0.3 is 6.09 Å². The second-order valence-electron chi connectivity index (χ2n) is 11.7. The number of para-hydroxylation sites is 1. The summed E-state index contributed by atoms with van der Waals surface area (Å²) < 4.78 is 18.8. The van der Waals surface area contributed by atoms with Gasteiger partial charge in [0.25, 0.3) is 0 Å². The van der Waals surface area contributed by atoms with Gasteiger partial charge in [-0.15, -0.1) is 0 Å². The van der Waals surface area contributed by atoms with Crippen LogP contribution < -0.4 is 4.74 Å². The Morgan fingerprint density at radius 2 is 1.74 bits per heavy atom. The molecule has 1 aromatic heterocycles. The van der Waals surface area contributed by atoms with Crippen LogP contribution in [0.1, 0.15) is 78.3 Å². The van der Waals surface area contributed by atoms with E-state index in [1.54, 1.807) is 6.07 Å². The van der Waals surface area contributed by atoms with Crippen molar-refractivity contribution in [3.63, 3.8) is 0 Å². The largest absolute Gasteiger partial charge is 0.492 e. The number of ketones is 2. The minimum absolute atomic E-state index is 0.0515. The fraction of sp³-hybridized carbons (Fsp3) is 0.452. The molecule has 1 saturated carbocycles. The summed E-state index contributed by atoms with van der Waals surface area (Å²) in [4.78, 5) is 39.4. The van der Waals surface area contributed by atoms with E-state index in [1.807, 2.05) is 64.2 Å². The van der Waals surface area contributed by atoms with Crippen molar-refractivity contribution in [2.75, 3.05) is 19.8 Å². The summed E-state index contributed by atoms with van der Waals surface area (Å²) in [6, 6.07) is 11.3. The minimum Gasteiger partial charge on any atom is -0.492 e. The summed E-state index contributed by atoms with van der Waals surface area (Å²) in [6.45, 7) is 9.13. The summed E-state index contributed by atoms with van der Waals surface area (Å²) in [5.74, 6) is 1.66. The Balaban J connectivity index is 1.40. The zero-order valence-corrected chi connectivity index (χ0v) is 22.3. The van der Waals surface area contributed by atoms with E-state index in [0.29, 0.717) is 54.1 Å². The number of rotatable bonds is 6. The second kappa shape index (κ2) is 9.09. The van der Waals surface area contributed by atoms with E-state index in [4.69, 9.17) is 14.2 Å². The highest BCUT2D eigenvalue weighted by Crippen LogP contribution is 2.53. The lowest BCUT2D eigenvalue weighted by molar-refractivity contribution is 0.0543. The van der Waals surface area contributed by atoms with Gasteiger partial charge in [0.05, 0.1) is 30.9 Å². The zero-order chi connectivity index (χ0) is 26.8. The van der Waals surface area contributed by atoms with Crippen molar-refractivity contribution < 1.29 is 28.6 Å². The molecule has 0 N–H and O–H groups in total. The molecule has 0 spiro atoms. The van der Waals surface area contributed by atoms with Crippen LogP contribution in [-0.2, 0) is 9.47 Å². The molecule has 1 aliphatic carbocycles. The average Bonchev–Trinajstić information content (AvgIpc) is 3.32. The summed E-state index contributed by atoms with van der Waals surface area (Å²) in [5, 5.41) is 0.908. The lowest BCUT2D eigenvalue weighted by Gasteiger charge is -2.19. The quantitative estimate of drug-likeness (QED) is 0.374. The van der Waals surface area contributed by atoms with Gasteiger partial charge in [-0.25, -0.2) is 4.79 Å². The molecule has 2 fully saturated rings. The number of benzene rings is 2. The second-order valence-corrected chi connectivity index (χ2v) is 11.7. The third-order valence-electron chi connectivity index (χ3n) is 8.09.